The molecule has 1 aliphatic heterocycles. The van der Waals surface area contributed by atoms with E-state index >= 15 is 0 Å². The first-order valence-electron chi connectivity index (χ1n) is 6.16. The number of aromatic nitrogens is 1. The molecule has 2 rings (SSSR count). The highest BCUT2D eigenvalue weighted by atomic mass is 35.5. The number of aliphatic hydroxyl groups excluding tert-OH is 1. The Morgan fingerprint density at radius 3 is 2.89 bits per heavy atom. The van der Waals surface area contributed by atoms with Gasteiger partial charge in [-0.1, -0.05) is 11.6 Å². The number of nitrogens with zero attached hydrogens (tertiary/aromatic N) is 2. The van der Waals surface area contributed by atoms with Gasteiger partial charge in [0.2, 0.25) is 0 Å². The fourth-order valence-corrected chi connectivity index (χ4v) is 2.13. The third kappa shape index (κ3) is 3.48. The van der Waals surface area contributed by atoms with E-state index in [-0.39, 0.29) is 6.61 Å². The molecule has 0 radical (unpaired) electrons. The zero-order chi connectivity index (χ0) is 12.8. The summed E-state index contributed by atoms with van der Waals surface area (Å²) >= 11 is 6.22. The van der Waals surface area contributed by atoms with Gasteiger partial charge in [0.1, 0.15) is 11.6 Å². The molecule has 100 valence electrons. The number of aliphatic hydroxyl groups is 1. The van der Waals surface area contributed by atoms with E-state index in [9.17, 15) is 0 Å². The highest BCUT2D eigenvalue weighted by Crippen LogP contribution is 2.27. The Morgan fingerprint density at radius 1 is 1.44 bits per heavy atom. The maximum Gasteiger partial charge on any atom is 0.147 e. The normalized spacial score (nSPS) is 15.8. The molecule has 2 N–H and O–H groups in total. The van der Waals surface area contributed by atoms with Crippen LogP contribution in [0.25, 0.3) is 0 Å². The highest BCUT2D eigenvalue weighted by Gasteiger charge is 2.15. The predicted octanol–water partition coefficient (Wildman–Crippen LogP) is 0.906. The van der Waals surface area contributed by atoms with Gasteiger partial charge >= 0.3 is 0 Å². The molecule has 1 aromatic rings. The summed E-state index contributed by atoms with van der Waals surface area (Å²) in [5.74, 6) is 1.46. The van der Waals surface area contributed by atoms with Crippen molar-refractivity contribution in [2.75, 3.05) is 44.3 Å². The van der Waals surface area contributed by atoms with E-state index in [2.05, 4.69) is 15.2 Å². The number of anilines is 1. The van der Waals surface area contributed by atoms with E-state index in [1.807, 2.05) is 0 Å². The van der Waals surface area contributed by atoms with E-state index in [0.29, 0.717) is 23.8 Å². The monoisotopic (exact) mass is 271 g/mol. The van der Waals surface area contributed by atoms with Crippen molar-refractivity contribution < 1.29 is 9.84 Å². The molecule has 0 bridgehead atoms. The first kappa shape index (κ1) is 13.4. The van der Waals surface area contributed by atoms with E-state index < -0.39 is 0 Å². The highest BCUT2D eigenvalue weighted by molar-refractivity contribution is 6.33. The summed E-state index contributed by atoms with van der Waals surface area (Å²) in [7, 11) is 0. The Labute approximate surface area is 112 Å². The summed E-state index contributed by atoms with van der Waals surface area (Å²) in [6.45, 7) is 4.33. The molecular formula is C12H18ClN3O2. The Balaban J connectivity index is 2.00. The molecule has 0 aliphatic carbocycles. The van der Waals surface area contributed by atoms with E-state index in [1.54, 1.807) is 12.3 Å². The third-order valence-corrected chi connectivity index (χ3v) is 3.06. The summed E-state index contributed by atoms with van der Waals surface area (Å²) in [5.41, 5.74) is 0. The molecule has 0 aromatic carbocycles. The first-order valence-corrected chi connectivity index (χ1v) is 6.54. The molecule has 18 heavy (non-hydrogen) atoms. The zero-order valence-electron chi connectivity index (χ0n) is 10.2. The fraction of sp³-hybridized carbons (Fsp3) is 0.583. The Morgan fingerprint density at radius 2 is 2.22 bits per heavy atom. The van der Waals surface area contributed by atoms with Crippen molar-refractivity contribution in [3.8, 4) is 5.75 Å². The van der Waals surface area contributed by atoms with Crippen molar-refractivity contribution >= 4 is 17.4 Å². The van der Waals surface area contributed by atoms with Gasteiger partial charge in [-0.25, -0.2) is 4.98 Å². The third-order valence-electron chi connectivity index (χ3n) is 2.78. The molecule has 2 heterocycles. The van der Waals surface area contributed by atoms with Crippen LogP contribution in [0, 0.1) is 0 Å². The molecule has 0 amide bonds. The number of hydrogen-bond donors (Lipinski definition) is 2. The number of halogens is 1. The molecular weight excluding hydrogens is 254 g/mol. The summed E-state index contributed by atoms with van der Waals surface area (Å²) in [4.78, 5) is 6.52. The van der Waals surface area contributed by atoms with Crippen LogP contribution >= 0.6 is 11.6 Å². The largest absolute Gasteiger partial charge is 0.492 e. The summed E-state index contributed by atoms with van der Waals surface area (Å²) in [6, 6.07) is 1.78. The van der Waals surface area contributed by atoms with Crippen LogP contribution < -0.4 is 15.0 Å². The predicted molar refractivity (Wildman–Crippen MR) is 71.5 cm³/mol. The second kappa shape index (κ2) is 6.78. The minimum absolute atomic E-state index is 0.125. The van der Waals surface area contributed by atoms with Crippen LogP contribution in [0.1, 0.15) is 6.42 Å². The molecule has 6 heteroatoms. The number of rotatable bonds is 5. The average molecular weight is 272 g/mol. The van der Waals surface area contributed by atoms with Gasteiger partial charge in [-0.05, 0) is 0 Å². The molecule has 0 spiro atoms. The maximum atomic E-state index is 8.68. The quantitative estimate of drug-likeness (QED) is 0.780. The molecule has 1 fully saturated rings. The lowest BCUT2D eigenvalue weighted by molar-refractivity contribution is 0.233. The average Bonchev–Trinajstić information content (AvgIpc) is 2.40. The van der Waals surface area contributed by atoms with Crippen molar-refractivity contribution in [2.24, 2.45) is 0 Å². The van der Waals surface area contributed by atoms with Crippen LogP contribution in [0.5, 0.6) is 5.75 Å². The zero-order valence-corrected chi connectivity index (χ0v) is 11.0. The Hall–Kier alpha value is -1.04. The van der Waals surface area contributed by atoms with Crippen molar-refractivity contribution in [1.82, 2.24) is 10.3 Å². The van der Waals surface area contributed by atoms with E-state index in [0.717, 1.165) is 32.0 Å². The number of piperazine rings is 1. The lowest BCUT2D eigenvalue weighted by Crippen LogP contribution is -2.44. The summed E-state index contributed by atoms with van der Waals surface area (Å²) < 4.78 is 5.43. The van der Waals surface area contributed by atoms with Crippen molar-refractivity contribution in [1.29, 1.82) is 0 Å². The lowest BCUT2D eigenvalue weighted by Gasteiger charge is -2.29. The van der Waals surface area contributed by atoms with Crippen LogP contribution in [0.3, 0.4) is 0 Å². The lowest BCUT2D eigenvalue weighted by atomic mass is 10.3. The topological polar surface area (TPSA) is 57.6 Å². The number of ether oxygens (including phenoxy) is 1. The van der Waals surface area contributed by atoms with Gasteiger partial charge in [0.15, 0.2) is 0 Å². The second-order valence-corrected chi connectivity index (χ2v) is 4.55. The smallest absolute Gasteiger partial charge is 0.147 e. The minimum atomic E-state index is 0.125. The SMILES string of the molecule is OCCCOc1cnc(N2CCNCC2)c(Cl)c1. The first-order chi connectivity index (χ1) is 8.81. The molecule has 0 saturated carbocycles. The van der Waals surface area contributed by atoms with Gasteiger partial charge in [-0.3, -0.25) is 0 Å². The van der Waals surface area contributed by atoms with E-state index in [1.165, 1.54) is 0 Å². The van der Waals surface area contributed by atoms with Gasteiger partial charge in [0.05, 0.1) is 17.8 Å². The standard InChI is InChI=1S/C12H18ClN3O2/c13-11-8-10(18-7-1-6-17)9-15-12(11)16-4-2-14-3-5-16/h8-9,14,17H,1-7H2. The molecule has 5 nitrogen and oxygen atoms in total. The van der Waals surface area contributed by atoms with Crippen LogP contribution in [-0.4, -0.2) is 49.5 Å². The number of hydrogen-bond acceptors (Lipinski definition) is 5. The molecule has 0 unspecified atom stereocenters. The van der Waals surface area contributed by atoms with Crippen molar-refractivity contribution in [3.05, 3.63) is 17.3 Å². The fourth-order valence-electron chi connectivity index (χ4n) is 1.86. The number of pyridine rings is 1. The molecule has 1 aliphatic rings. The van der Waals surface area contributed by atoms with Gasteiger partial charge in [-0.15, -0.1) is 0 Å². The van der Waals surface area contributed by atoms with Crippen molar-refractivity contribution in [2.45, 2.75) is 6.42 Å². The summed E-state index contributed by atoms with van der Waals surface area (Å²) in [5, 5.41) is 12.6. The van der Waals surface area contributed by atoms with E-state index in [4.69, 9.17) is 21.4 Å². The van der Waals surface area contributed by atoms with Crippen LogP contribution in [0.2, 0.25) is 5.02 Å². The maximum absolute atomic E-state index is 8.68. The van der Waals surface area contributed by atoms with Crippen LogP contribution in [0.15, 0.2) is 12.3 Å². The van der Waals surface area contributed by atoms with Gasteiger partial charge < -0.3 is 20.1 Å². The minimum Gasteiger partial charge on any atom is -0.492 e. The molecule has 1 saturated heterocycles. The van der Waals surface area contributed by atoms with Crippen LogP contribution in [0.4, 0.5) is 5.82 Å². The molecule has 1 aromatic heterocycles. The van der Waals surface area contributed by atoms with Gasteiger partial charge in [0.25, 0.3) is 0 Å². The van der Waals surface area contributed by atoms with Crippen LogP contribution in [-0.2, 0) is 0 Å². The van der Waals surface area contributed by atoms with Gasteiger partial charge in [0, 0.05) is 45.3 Å². The van der Waals surface area contributed by atoms with Crippen molar-refractivity contribution in [3.63, 3.8) is 0 Å². The Bertz CT molecular complexity index is 384. The Kier molecular flexibility index (Phi) is 5.04. The molecule has 0 atom stereocenters. The van der Waals surface area contributed by atoms with Gasteiger partial charge in [-0.2, -0.15) is 0 Å². The second-order valence-electron chi connectivity index (χ2n) is 4.14. The summed E-state index contributed by atoms with van der Waals surface area (Å²) in [6.07, 6.45) is 2.29. The number of nitrogens with one attached hydrogen (secondary N) is 1.